The van der Waals surface area contributed by atoms with Crippen molar-refractivity contribution in [2.45, 2.75) is 26.3 Å². The fourth-order valence-electron chi connectivity index (χ4n) is 2.15. The summed E-state index contributed by atoms with van der Waals surface area (Å²) in [5.41, 5.74) is 6.59. The third-order valence-electron chi connectivity index (χ3n) is 3.48. The molecule has 2 atom stereocenters. The van der Waals surface area contributed by atoms with Crippen molar-refractivity contribution in [3.8, 4) is 0 Å². The first-order chi connectivity index (χ1) is 9.99. The molecule has 1 amide bonds. The molecule has 1 aromatic carbocycles. The molecule has 0 aliphatic carbocycles. The molecule has 5 nitrogen and oxygen atoms in total. The number of methoxy groups -OCH3 is 1. The number of carbonyl (C=O) groups excluding carboxylic acids is 2. The number of nitrogens with two attached hydrogens (primary N) is 1. The van der Waals surface area contributed by atoms with Gasteiger partial charge in [-0.25, -0.2) is 4.79 Å². The highest BCUT2D eigenvalue weighted by atomic mass is 16.5. The van der Waals surface area contributed by atoms with Crippen molar-refractivity contribution in [3.63, 3.8) is 0 Å². The normalized spacial score (nSPS) is 13.6. The lowest BCUT2D eigenvalue weighted by atomic mass is 9.94. The highest BCUT2D eigenvalue weighted by Crippen LogP contribution is 2.11. The number of ether oxygens (including phenoxy) is 1. The summed E-state index contributed by atoms with van der Waals surface area (Å²) >= 11 is 0. The average molecular weight is 292 g/mol. The zero-order valence-corrected chi connectivity index (χ0v) is 12.8. The van der Waals surface area contributed by atoms with E-state index in [0.717, 1.165) is 5.56 Å². The molecular formula is C16H24N2O3. The van der Waals surface area contributed by atoms with E-state index in [-0.39, 0.29) is 24.3 Å². The van der Waals surface area contributed by atoms with Crippen LogP contribution in [0.15, 0.2) is 30.3 Å². The van der Waals surface area contributed by atoms with Gasteiger partial charge in [0.2, 0.25) is 5.91 Å². The lowest BCUT2D eigenvalue weighted by molar-refractivity contribution is -0.145. The Labute approximate surface area is 125 Å². The van der Waals surface area contributed by atoms with Crippen LogP contribution in [0.25, 0.3) is 0 Å². The molecule has 0 bridgehead atoms. The second kappa shape index (κ2) is 8.42. The average Bonchev–Trinajstić information content (AvgIpc) is 2.47. The summed E-state index contributed by atoms with van der Waals surface area (Å²) in [6, 6.07) is 8.80. The van der Waals surface area contributed by atoms with Gasteiger partial charge in [-0.2, -0.15) is 0 Å². The Balaban J connectivity index is 2.79. The third kappa shape index (κ3) is 5.19. The summed E-state index contributed by atoms with van der Waals surface area (Å²) in [5, 5.41) is 2.76. The maximum absolute atomic E-state index is 12.2. The standard InChI is InChI=1S/C16H24N2O3/c1-11(2)13(10-17)15(19)18-14(16(20)21-3)9-12-7-5-4-6-8-12/h4-8,11,13-14H,9-10,17H2,1-3H3,(H,18,19). The van der Waals surface area contributed by atoms with E-state index in [1.165, 1.54) is 7.11 Å². The fourth-order valence-corrected chi connectivity index (χ4v) is 2.15. The largest absolute Gasteiger partial charge is 0.467 e. The summed E-state index contributed by atoms with van der Waals surface area (Å²) in [6.45, 7) is 4.12. The first-order valence-corrected chi connectivity index (χ1v) is 7.11. The molecule has 2 unspecified atom stereocenters. The lowest BCUT2D eigenvalue weighted by Gasteiger charge is -2.22. The van der Waals surface area contributed by atoms with Crippen LogP contribution in [0.1, 0.15) is 19.4 Å². The minimum atomic E-state index is -0.697. The predicted molar refractivity (Wildman–Crippen MR) is 81.5 cm³/mol. The number of amides is 1. The summed E-state index contributed by atoms with van der Waals surface area (Å²) in [7, 11) is 1.31. The van der Waals surface area contributed by atoms with Crippen LogP contribution >= 0.6 is 0 Å². The van der Waals surface area contributed by atoms with Gasteiger partial charge in [-0.1, -0.05) is 44.2 Å². The molecule has 5 heteroatoms. The zero-order chi connectivity index (χ0) is 15.8. The van der Waals surface area contributed by atoms with Gasteiger partial charge in [0.25, 0.3) is 0 Å². The van der Waals surface area contributed by atoms with Crippen LogP contribution in [0.4, 0.5) is 0 Å². The maximum atomic E-state index is 12.2. The highest BCUT2D eigenvalue weighted by Gasteiger charge is 2.27. The van der Waals surface area contributed by atoms with Gasteiger partial charge in [-0.05, 0) is 11.5 Å². The second-order valence-electron chi connectivity index (χ2n) is 5.36. The van der Waals surface area contributed by atoms with Gasteiger partial charge >= 0.3 is 5.97 Å². The van der Waals surface area contributed by atoms with Crippen LogP contribution in [0.3, 0.4) is 0 Å². The van der Waals surface area contributed by atoms with Crippen molar-refractivity contribution in [2.75, 3.05) is 13.7 Å². The number of hydrogen-bond acceptors (Lipinski definition) is 4. The van der Waals surface area contributed by atoms with Gasteiger partial charge in [-0.15, -0.1) is 0 Å². The molecule has 1 aromatic rings. The van der Waals surface area contributed by atoms with Crippen LogP contribution in [-0.4, -0.2) is 31.6 Å². The summed E-state index contributed by atoms with van der Waals surface area (Å²) < 4.78 is 4.77. The Kier molecular flexibility index (Phi) is 6.88. The molecule has 0 aromatic heterocycles. The quantitative estimate of drug-likeness (QED) is 0.738. The van der Waals surface area contributed by atoms with Crippen LogP contribution in [0.5, 0.6) is 0 Å². The molecule has 0 saturated carbocycles. The summed E-state index contributed by atoms with van der Waals surface area (Å²) in [6.07, 6.45) is 0.397. The van der Waals surface area contributed by atoms with Crippen molar-refractivity contribution >= 4 is 11.9 Å². The van der Waals surface area contributed by atoms with Crippen molar-refractivity contribution in [3.05, 3.63) is 35.9 Å². The number of esters is 1. The molecular weight excluding hydrogens is 268 g/mol. The van der Waals surface area contributed by atoms with E-state index in [1.54, 1.807) is 0 Å². The monoisotopic (exact) mass is 292 g/mol. The zero-order valence-electron chi connectivity index (χ0n) is 12.8. The first-order valence-electron chi connectivity index (χ1n) is 7.11. The van der Waals surface area contributed by atoms with Crippen LogP contribution < -0.4 is 11.1 Å². The Hall–Kier alpha value is -1.88. The minimum absolute atomic E-state index is 0.116. The lowest BCUT2D eigenvalue weighted by Crippen LogP contribution is -2.48. The number of hydrogen-bond donors (Lipinski definition) is 2. The topological polar surface area (TPSA) is 81.4 Å². The molecule has 21 heavy (non-hydrogen) atoms. The number of rotatable bonds is 7. The van der Waals surface area contributed by atoms with E-state index >= 15 is 0 Å². The molecule has 3 N–H and O–H groups in total. The Bertz CT molecular complexity index is 460. The van der Waals surface area contributed by atoms with Crippen molar-refractivity contribution < 1.29 is 14.3 Å². The van der Waals surface area contributed by atoms with Gasteiger partial charge in [0.15, 0.2) is 0 Å². The molecule has 0 radical (unpaired) electrons. The molecule has 0 heterocycles. The highest BCUT2D eigenvalue weighted by molar-refractivity contribution is 5.86. The van der Waals surface area contributed by atoms with Crippen molar-refractivity contribution in [1.82, 2.24) is 5.32 Å². The SMILES string of the molecule is COC(=O)C(Cc1ccccc1)NC(=O)C(CN)C(C)C. The second-order valence-corrected chi connectivity index (χ2v) is 5.36. The predicted octanol–water partition coefficient (Wildman–Crippen LogP) is 1.12. The summed E-state index contributed by atoms with van der Waals surface area (Å²) in [5.74, 6) is -0.858. The fraction of sp³-hybridized carbons (Fsp3) is 0.500. The van der Waals surface area contributed by atoms with Gasteiger partial charge < -0.3 is 15.8 Å². The molecule has 0 fully saturated rings. The number of nitrogens with one attached hydrogen (secondary N) is 1. The van der Waals surface area contributed by atoms with Gasteiger partial charge in [0.05, 0.1) is 13.0 Å². The first kappa shape index (κ1) is 17.2. The maximum Gasteiger partial charge on any atom is 0.328 e. The van der Waals surface area contributed by atoms with Gasteiger partial charge in [-0.3, -0.25) is 4.79 Å². The Morgan fingerprint density at radius 3 is 2.33 bits per heavy atom. The van der Waals surface area contributed by atoms with E-state index in [0.29, 0.717) is 6.42 Å². The Morgan fingerprint density at radius 2 is 1.86 bits per heavy atom. The van der Waals surface area contributed by atoms with Crippen molar-refractivity contribution in [2.24, 2.45) is 17.6 Å². The molecule has 0 spiro atoms. The summed E-state index contributed by atoms with van der Waals surface area (Å²) in [4.78, 5) is 24.1. The minimum Gasteiger partial charge on any atom is -0.467 e. The molecule has 116 valence electrons. The number of benzene rings is 1. The van der Waals surface area contributed by atoms with E-state index in [4.69, 9.17) is 10.5 Å². The smallest absolute Gasteiger partial charge is 0.328 e. The third-order valence-corrected chi connectivity index (χ3v) is 3.48. The molecule has 0 aliphatic rings. The van der Waals surface area contributed by atoms with Gasteiger partial charge in [0, 0.05) is 13.0 Å². The molecule has 1 rings (SSSR count). The van der Waals surface area contributed by atoms with Crippen LogP contribution in [-0.2, 0) is 20.7 Å². The molecule has 0 saturated heterocycles. The van der Waals surface area contributed by atoms with Crippen molar-refractivity contribution in [1.29, 1.82) is 0 Å². The van der Waals surface area contributed by atoms with E-state index in [9.17, 15) is 9.59 Å². The van der Waals surface area contributed by atoms with E-state index in [1.807, 2.05) is 44.2 Å². The Morgan fingerprint density at radius 1 is 1.24 bits per heavy atom. The van der Waals surface area contributed by atoms with Crippen LogP contribution in [0, 0.1) is 11.8 Å². The molecule has 0 aliphatic heterocycles. The van der Waals surface area contributed by atoms with E-state index < -0.39 is 12.0 Å². The van der Waals surface area contributed by atoms with E-state index in [2.05, 4.69) is 5.32 Å². The van der Waals surface area contributed by atoms with Gasteiger partial charge in [0.1, 0.15) is 6.04 Å². The van der Waals surface area contributed by atoms with Crippen LogP contribution in [0.2, 0.25) is 0 Å². The number of carbonyl (C=O) groups is 2.